The molecule has 2 atom stereocenters. The highest BCUT2D eigenvalue weighted by Gasteiger charge is 2.15. The number of phenolic OH excluding ortho intramolecular Hbond substituents is 1. The van der Waals surface area contributed by atoms with Crippen LogP contribution in [0.5, 0.6) is 11.5 Å². The molecule has 2 unspecified atom stereocenters. The van der Waals surface area contributed by atoms with Crippen LogP contribution < -0.4 is 10.1 Å². The van der Waals surface area contributed by atoms with E-state index in [0.717, 1.165) is 11.1 Å². The normalized spacial score (nSPS) is 13.7. The monoisotopic (exact) mass is 289 g/mol. The molecule has 3 nitrogen and oxygen atoms in total. The molecule has 21 heavy (non-hydrogen) atoms. The Kier molecular flexibility index (Phi) is 4.81. The highest BCUT2D eigenvalue weighted by molar-refractivity contribution is 5.36. The predicted octanol–water partition coefficient (Wildman–Crippen LogP) is 3.95. The van der Waals surface area contributed by atoms with Gasteiger partial charge < -0.3 is 15.2 Å². The lowest BCUT2D eigenvalue weighted by molar-refractivity contribution is 0.394. The van der Waals surface area contributed by atoms with E-state index in [-0.39, 0.29) is 23.7 Å². The third kappa shape index (κ3) is 3.73. The standard InChI is InChI=1S/C17H20FNO2/c1-11(13-4-7-15(20)8-5-13)19-12(2)16-10-14(18)6-9-17(16)21-3/h4-12,19-20H,1-3H3. The summed E-state index contributed by atoms with van der Waals surface area (Å²) in [7, 11) is 1.58. The van der Waals surface area contributed by atoms with E-state index in [1.165, 1.54) is 12.1 Å². The van der Waals surface area contributed by atoms with Gasteiger partial charge in [0.2, 0.25) is 0 Å². The Morgan fingerprint density at radius 3 is 2.33 bits per heavy atom. The van der Waals surface area contributed by atoms with E-state index in [1.807, 2.05) is 26.0 Å². The number of phenols is 1. The fraction of sp³-hybridized carbons (Fsp3) is 0.294. The smallest absolute Gasteiger partial charge is 0.123 e. The van der Waals surface area contributed by atoms with Crippen molar-refractivity contribution in [3.8, 4) is 11.5 Å². The molecular weight excluding hydrogens is 269 g/mol. The molecule has 0 radical (unpaired) electrons. The molecule has 0 aromatic heterocycles. The molecule has 4 heteroatoms. The van der Waals surface area contributed by atoms with E-state index in [4.69, 9.17) is 4.74 Å². The summed E-state index contributed by atoms with van der Waals surface area (Å²) in [5.41, 5.74) is 1.83. The molecule has 0 fully saturated rings. The van der Waals surface area contributed by atoms with Crippen LogP contribution in [0.2, 0.25) is 0 Å². The van der Waals surface area contributed by atoms with Gasteiger partial charge in [0.1, 0.15) is 17.3 Å². The van der Waals surface area contributed by atoms with Crippen molar-refractivity contribution in [2.45, 2.75) is 25.9 Å². The number of hydrogen-bond acceptors (Lipinski definition) is 3. The summed E-state index contributed by atoms with van der Waals surface area (Å²) in [6, 6.07) is 11.5. The number of rotatable bonds is 5. The van der Waals surface area contributed by atoms with Gasteiger partial charge in [0.15, 0.2) is 0 Å². The van der Waals surface area contributed by atoms with Crippen LogP contribution in [0.3, 0.4) is 0 Å². The summed E-state index contributed by atoms with van der Waals surface area (Å²) in [5.74, 6) is 0.622. The summed E-state index contributed by atoms with van der Waals surface area (Å²) < 4.78 is 18.7. The van der Waals surface area contributed by atoms with Crippen LogP contribution in [0.15, 0.2) is 42.5 Å². The molecule has 0 bridgehead atoms. The van der Waals surface area contributed by atoms with Crippen molar-refractivity contribution in [3.05, 3.63) is 59.4 Å². The Bertz CT molecular complexity index is 598. The van der Waals surface area contributed by atoms with Gasteiger partial charge in [-0.05, 0) is 49.7 Å². The second-order valence-corrected chi connectivity index (χ2v) is 5.09. The second-order valence-electron chi connectivity index (χ2n) is 5.09. The zero-order valence-electron chi connectivity index (χ0n) is 12.4. The van der Waals surface area contributed by atoms with Gasteiger partial charge in [-0.3, -0.25) is 0 Å². The lowest BCUT2D eigenvalue weighted by Gasteiger charge is -2.22. The van der Waals surface area contributed by atoms with Gasteiger partial charge in [0.25, 0.3) is 0 Å². The van der Waals surface area contributed by atoms with Crippen molar-refractivity contribution in [2.75, 3.05) is 7.11 Å². The molecule has 2 rings (SSSR count). The minimum Gasteiger partial charge on any atom is -0.508 e. The number of halogens is 1. The summed E-state index contributed by atoms with van der Waals surface area (Å²) in [6.07, 6.45) is 0. The van der Waals surface area contributed by atoms with Crippen molar-refractivity contribution < 1.29 is 14.2 Å². The maximum atomic E-state index is 13.4. The summed E-state index contributed by atoms with van der Waals surface area (Å²) in [5, 5.41) is 12.7. The maximum Gasteiger partial charge on any atom is 0.123 e. The number of aromatic hydroxyl groups is 1. The molecular formula is C17H20FNO2. The van der Waals surface area contributed by atoms with E-state index in [1.54, 1.807) is 25.3 Å². The number of benzene rings is 2. The van der Waals surface area contributed by atoms with E-state index in [9.17, 15) is 9.50 Å². The number of methoxy groups -OCH3 is 1. The van der Waals surface area contributed by atoms with E-state index in [2.05, 4.69) is 5.32 Å². The van der Waals surface area contributed by atoms with Crippen molar-refractivity contribution >= 4 is 0 Å². The average molecular weight is 289 g/mol. The van der Waals surface area contributed by atoms with Gasteiger partial charge in [0.05, 0.1) is 7.11 Å². The number of hydrogen-bond donors (Lipinski definition) is 2. The zero-order valence-corrected chi connectivity index (χ0v) is 12.4. The molecule has 2 N–H and O–H groups in total. The molecule has 0 aliphatic rings. The van der Waals surface area contributed by atoms with Crippen LogP contribution in [0, 0.1) is 5.82 Å². The molecule has 0 saturated heterocycles. The van der Waals surface area contributed by atoms with Gasteiger partial charge in [0, 0.05) is 17.6 Å². The molecule has 0 aliphatic heterocycles. The van der Waals surface area contributed by atoms with E-state index in [0.29, 0.717) is 5.75 Å². The average Bonchev–Trinajstić information content (AvgIpc) is 2.47. The van der Waals surface area contributed by atoms with E-state index < -0.39 is 0 Å². The predicted molar refractivity (Wildman–Crippen MR) is 81.0 cm³/mol. The highest BCUT2D eigenvalue weighted by atomic mass is 19.1. The molecule has 0 heterocycles. The van der Waals surface area contributed by atoms with Gasteiger partial charge in [-0.15, -0.1) is 0 Å². The molecule has 0 aliphatic carbocycles. The third-order valence-corrected chi connectivity index (χ3v) is 3.55. The highest BCUT2D eigenvalue weighted by Crippen LogP contribution is 2.28. The van der Waals surface area contributed by atoms with Crippen LogP contribution in [0.1, 0.15) is 37.1 Å². The van der Waals surface area contributed by atoms with Crippen molar-refractivity contribution in [1.82, 2.24) is 5.32 Å². The molecule has 0 spiro atoms. The minimum absolute atomic E-state index is 0.0635. The minimum atomic E-state index is -0.281. The van der Waals surface area contributed by atoms with Crippen LogP contribution >= 0.6 is 0 Å². The van der Waals surface area contributed by atoms with Crippen LogP contribution in [-0.4, -0.2) is 12.2 Å². The van der Waals surface area contributed by atoms with E-state index >= 15 is 0 Å². The van der Waals surface area contributed by atoms with Gasteiger partial charge in [-0.2, -0.15) is 0 Å². The van der Waals surface area contributed by atoms with Crippen molar-refractivity contribution in [1.29, 1.82) is 0 Å². The van der Waals surface area contributed by atoms with Gasteiger partial charge >= 0.3 is 0 Å². The quantitative estimate of drug-likeness (QED) is 0.875. The lowest BCUT2D eigenvalue weighted by Crippen LogP contribution is -2.23. The first-order chi connectivity index (χ1) is 10.0. The van der Waals surface area contributed by atoms with Gasteiger partial charge in [-0.1, -0.05) is 12.1 Å². The Labute approximate surface area is 124 Å². The van der Waals surface area contributed by atoms with Crippen molar-refractivity contribution in [3.63, 3.8) is 0 Å². The molecule has 112 valence electrons. The molecule has 0 amide bonds. The summed E-state index contributed by atoms with van der Waals surface area (Å²) in [4.78, 5) is 0. The summed E-state index contributed by atoms with van der Waals surface area (Å²) in [6.45, 7) is 3.99. The maximum absolute atomic E-state index is 13.4. The Morgan fingerprint density at radius 2 is 1.71 bits per heavy atom. The second kappa shape index (κ2) is 6.59. The molecule has 0 saturated carbocycles. The first-order valence-electron chi connectivity index (χ1n) is 6.89. The lowest BCUT2D eigenvalue weighted by atomic mass is 10.0. The Morgan fingerprint density at radius 1 is 1.05 bits per heavy atom. The number of nitrogens with one attached hydrogen (secondary N) is 1. The fourth-order valence-corrected chi connectivity index (χ4v) is 2.37. The van der Waals surface area contributed by atoms with Crippen LogP contribution in [-0.2, 0) is 0 Å². The first-order valence-corrected chi connectivity index (χ1v) is 6.89. The Hall–Kier alpha value is -2.07. The number of ether oxygens (including phenoxy) is 1. The zero-order chi connectivity index (χ0) is 15.4. The topological polar surface area (TPSA) is 41.5 Å². The van der Waals surface area contributed by atoms with Crippen molar-refractivity contribution in [2.24, 2.45) is 0 Å². The molecule has 2 aromatic rings. The van der Waals surface area contributed by atoms with Crippen LogP contribution in [0.25, 0.3) is 0 Å². The summed E-state index contributed by atoms with van der Waals surface area (Å²) >= 11 is 0. The largest absolute Gasteiger partial charge is 0.508 e. The Balaban J connectivity index is 2.15. The van der Waals surface area contributed by atoms with Gasteiger partial charge in [-0.25, -0.2) is 4.39 Å². The SMILES string of the molecule is COc1ccc(F)cc1C(C)NC(C)c1ccc(O)cc1. The third-order valence-electron chi connectivity index (χ3n) is 3.55. The first kappa shape index (κ1) is 15.3. The fourth-order valence-electron chi connectivity index (χ4n) is 2.37. The van der Waals surface area contributed by atoms with Crippen LogP contribution in [0.4, 0.5) is 4.39 Å². The molecule has 2 aromatic carbocycles.